The minimum absolute atomic E-state index is 0.249. The van der Waals surface area contributed by atoms with Gasteiger partial charge in [0.15, 0.2) is 0 Å². The molecule has 0 bridgehead atoms. The number of halogens is 1. The lowest BCUT2D eigenvalue weighted by Crippen LogP contribution is -2.24. The fourth-order valence-corrected chi connectivity index (χ4v) is 3.86. The zero-order chi connectivity index (χ0) is 14.3. The number of anilines is 1. The molecule has 1 aliphatic carbocycles. The van der Waals surface area contributed by atoms with Gasteiger partial charge in [0.2, 0.25) is 0 Å². The van der Waals surface area contributed by atoms with Gasteiger partial charge in [0.25, 0.3) is 0 Å². The molecule has 0 saturated heterocycles. The van der Waals surface area contributed by atoms with Crippen molar-refractivity contribution in [1.82, 2.24) is 0 Å². The Hall–Kier alpha value is -1.03. The molecule has 3 rings (SSSR count). The predicted molar refractivity (Wildman–Crippen MR) is 94.2 cm³/mol. The molecular formula is C18H20IN. The van der Waals surface area contributed by atoms with E-state index in [1.54, 1.807) is 0 Å². The molecule has 2 heteroatoms. The molecule has 1 atom stereocenters. The van der Waals surface area contributed by atoms with E-state index >= 15 is 0 Å². The first-order valence-electron chi connectivity index (χ1n) is 7.08. The van der Waals surface area contributed by atoms with E-state index in [1.807, 2.05) is 0 Å². The molecular weight excluding hydrogens is 357 g/mol. The van der Waals surface area contributed by atoms with E-state index in [4.69, 9.17) is 0 Å². The largest absolute Gasteiger partial charge is 0.377 e. The summed E-state index contributed by atoms with van der Waals surface area (Å²) in [6.07, 6.45) is 1.14. The Morgan fingerprint density at radius 3 is 2.65 bits per heavy atom. The van der Waals surface area contributed by atoms with Gasteiger partial charge in [-0.15, -0.1) is 0 Å². The van der Waals surface area contributed by atoms with Crippen LogP contribution in [0, 0.1) is 15.9 Å². The van der Waals surface area contributed by atoms with Crippen molar-refractivity contribution in [2.75, 3.05) is 5.32 Å². The summed E-state index contributed by atoms with van der Waals surface area (Å²) in [5.74, 6) is 0. The Balaban J connectivity index is 1.97. The molecule has 0 heterocycles. The fourth-order valence-electron chi connectivity index (χ4n) is 3.21. The second kappa shape index (κ2) is 5.06. The van der Waals surface area contributed by atoms with Crippen molar-refractivity contribution in [3.05, 3.63) is 62.7 Å². The maximum atomic E-state index is 3.78. The van der Waals surface area contributed by atoms with Gasteiger partial charge in [-0.1, -0.05) is 38.1 Å². The Bertz CT molecular complexity index is 646. The average molecular weight is 377 g/mol. The van der Waals surface area contributed by atoms with E-state index in [2.05, 4.69) is 91.1 Å². The van der Waals surface area contributed by atoms with Gasteiger partial charge < -0.3 is 5.32 Å². The smallest absolute Gasteiger partial charge is 0.0570 e. The van der Waals surface area contributed by atoms with Crippen LogP contribution < -0.4 is 5.32 Å². The van der Waals surface area contributed by atoms with Crippen molar-refractivity contribution in [3.63, 3.8) is 0 Å². The fraction of sp³-hybridized carbons (Fsp3) is 0.333. The zero-order valence-electron chi connectivity index (χ0n) is 12.2. The third kappa shape index (κ3) is 2.46. The average Bonchev–Trinajstić information content (AvgIpc) is 2.63. The van der Waals surface area contributed by atoms with E-state index in [1.165, 1.54) is 25.9 Å². The van der Waals surface area contributed by atoms with Gasteiger partial charge in [-0.2, -0.15) is 0 Å². The van der Waals surface area contributed by atoms with Crippen molar-refractivity contribution in [3.8, 4) is 0 Å². The van der Waals surface area contributed by atoms with E-state index in [0.29, 0.717) is 6.04 Å². The lowest BCUT2D eigenvalue weighted by atomic mass is 9.85. The summed E-state index contributed by atoms with van der Waals surface area (Å²) in [5.41, 5.74) is 5.75. The number of fused-ring (bicyclic) bond motifs is 1. The number of benzene rings is 2. The highest BCUT2D eigenvalue weighted by atomic mass is 127. The van der Waals surface area contributed by atoms with Gasteiger partial charge >= 0.3 is 0 Å². The maximum absolute atomic E-state index is 3.78. The molecule has 0 aromatic heterocycles. The number of aryl methyl sites for hydroxylation is 1. The normalized spacial score (nSPS) is 19.7. The van der Waals surface area contributed by atoms with Crippen molar-refractivity contribution in [2.45, 2.75) is 33.2 Å². The van der Waals surface area contributed by atoms with Crippen LogP contribution in [0.25, 0.3) is 0 Å². The highest BCUT2D eigenvalue weighted by Gasteiger charge is 2.38. The number of nitrogens with one attached hydrogen (secondary N) is 1. The molecule has 0 aliphatic heterocycles. The number of hydrogen-bond acceptors (Lipinski definition) is 1. The lowest BCUT2D eigenvalue weighted by molar-refractivity contribution is 0.337. The molecule has 2 aromatic rings. The third-order valence-corrected chi connectivity index (χ3v) is 4.95. The standard InChI is InChI=1S/C18H20IN/c1-12-10-14(19)8-9-16(12)20-17-15-7-5-4-6-13(15)11-18(17,2)3/h4-10,17,20H,11H2,1-3H3. The molecule has 1 N–H and O–H groups in total. The molecule has 1 unspecified atom stereocenters. The molecule has 0 saturated carbocycles. The SMILES string of the molecule is Cc1cc(I)ccc1NC1c2ccccc2CC1(C)C. The highest BCUT2D eigenvalue weighted by Crippen LogP contribution is 2.47. The minimum atomic E-state index is 0.249. The van der Waals surface area contributed by atoms with Crippen LogP contribution in [-0.2, 0) is 6.42 Å². The van der Waals surface area contributed by atoms with E-state index in [0.717, 1.165) is 6.42 Å². The highest BCUT2D eigenvalue weighted by molar-refractivity contribution is 14.1. The molecule has 2 aromatic carbocycles. The molecule has 0 fully saturated rings. The van der Waals surface area contributed by atoms with Gasteiger partial charge in [0, 0.05) is 9.26 Å². The Morgan fingerprint density at radius 1 is 1.15 bits per heavy atom. The summed E-state index contributed by atoms with van der Waals surface area (Å²) in [7, 11) is 0. The molecule has 1 nitrogen and oxygen atoms in total. The van der Waals surface area contributed by atoms with E-state index in [9.17, 15) is 0 Å². The molecule has 1 aliphatic rings. The van der Waals surface area contributed by atoms with Crippen LogP contribution in [-0.4, -0.2) is 0 Å². The molecule has 0 spiro atoms. The van der Waals surface area contributed by atoms with Crippen molar-refractivity contribution in [1.29, 1.82) is 0 Å². The van der Waals surface area contributed by atoms with Crippen LogP contribution in [0.1, 0.15) is 36.6 Å². The quantitative estimate of drug-likeness (QED) is 0.697. The Labute approximate surface area is 134 Å². The Morgan fingerprint density at radius 2 is 1.90 bits per heavy atom. The zero-order valence-corrected chi connectivity index (χ0v) is 14.4. The second-order valence-corrected chi connectivity index (χ2v) is 7.65. The number of rotatable bonds is 2. The molecule has 20 heavy (non-hydrogen) atoms. The summed E-state index contributed by atoms with van der Waals surface area (Å²) in [4.78, 5) is 0. The van der Waals surface area contributed by atoms with Crippen LogP contribution in [0.15, 0.2) is 42.5 Å². The van der Waals surface area contributed by atoms with Crippen LogP contribution in [0.4, 0.5) is 5.69 Å². The first-order chi connectivity index (χ1) is 9.47. The third-order valence-electron chi connectivity index (χ3n) is 4.28. The molecule has 0 amide bonds. The summed E-state index contributed by atoms with van der Waals surface area (Å²) in [6, 6.07) is 15.8. The van der Waals surface area contributed by atoms with Crippen LogP contribution in [0.5, 0.6) is 0 Å². The van der Waals surface area contributed by atoms with Gasteiger partial charge in [-0.3, -0.25) is 0 Å². The van der Waals surface area contributed by atoms with Crippen LogP contribution in [0.2, 0.25) is 0 Å². The summed E-state index contributed by atoms with van der Waals surface area (Å²) in [5, 5.41) is 3.78. The maximum Gasteiger partial charge on any atom is 0.0570 e. The van der Waals surface area contributed by atoms with Crippen molar-refractivity contribution < 1.29 is 0 Å². The second-order valence-electron chi connectivity index (χ2n) is 6.40. The minimum Gasteiger partial charge on any atom is -0.377 e. The predicted octanol–water partition coefficient (Wildman–Crippen LogP) is 5.34. The molecule has 0 radical (unpaired) electrons. The first kappa shape index (κ1) is 13.9. The summed E-state index contributed by atoms with van der Waals surface area (Å²) >= 11 is 2.37. The summed E-state index contributed by atoms with van der Waals surface area (Å²) in [6.45, 7) is 6.89. The van der Waals surface area contributed by atoms with Crippen LogP contribution >= 0.6 is 22.6 Å². The van der Waals surface area contributed by atoms with Gasteiger partial charge in [0.05, 0.1) is 6.04 Å². The van der Waals surface area contributed by atoms with Crippen molar-refractivity contribution >= 4 is 28.3 Å². The topological polar surface area (TPSA) is 12.0 Å². The monoisotopic (exact) mass is 377 g/mol. The van der Waals surface area contributed by atoms with Gasteiger partial charge in [-0.25, -0.2) is 0 Å². The number of hydrogen-bond donors (Lipinski definition) is 1. The van der Waals surface area contributed by atoms with Crippen LogP contribution in [0.3, 0.4) is 0 Å². The molecule has 104 valence electrons. The Kier molecular flexibility index (Phi) is 3.53. The van der Waals surface area contributed by atoms with Crippen molar-refractivity contribution in [2.24, 2.45) is 5.41 Å². The van der Waals surface area contributed by atoms with Gasteiger partial charge in [0.1, 0.15) is 0 Å². The van der Waals surface area contributed by atoms with E-state index < -0.39 is 0 Å². The van der Waals surface area contributed by atoms with Gasteiger partial charge in [-0.05, 0) is 76.2 Å². The first-order valence-corrected chi connectivity index (χ1v) is 8.16. The van der Waals surface area contributed by atoms with E-state index in [-0.39, 0.29) is 5.41 Å². The summed E-state index contributed by atoms with van der Waals surface area (Å²) < 4.78 is 1.29. The lowest BCUT2D eigenvalue weighted by Gasteiger charge is -2.30.